The average Bonchev–Trinajstić information content (AvgIpc) is 2.58. The van der Waals surface area contributed by atoms with Crippen molar-refractivity contribution in [2.24, 2.45) is 0 Å². The van der Waals surface area contributed by atoms with Crippen LogP contribution in [0.15, 0.2) is 48.5 Å². The SMILES string of the molecule is CC(C)c1ccc(N(CCNC(=O)c2ccc(Cl)cc2)S(C)(=O)=O)cc1. The predicted molar refractivity (Wildman–Crippen MR) is 107 cm³/mol. The first kappa shape index (κ1) is 20.3. The molecule has 5 nitrogen and oxygen atoms in total. The van der Waals surface area contributed by atoms with Gasteiger partial charge >= 0.3 is 0 Å². The first-order valence-electron chi connectivity index (χ1n) is 8.30. The molecule has 0 bridgehead atoms. The van der Waals surface area contributed by atoms with Crippen molar-refractivity contribution in [1.29, 1.82) is 0 Å². The number of carbonyl (C=O) groups excluding carboxylic acids is 1. The van der Waals surface area contributed by atoms with Crippen LogP contribution < -0.4 is 9.62 Å². The normalized spacial score (nSPS) is 11.4. The molecule has 0 heterocycles. The number of carbonyl (C=O) groups is 1. The number of benzene rings is 2. The molecule has 0 aliphatic heterocycles. The molecule has 0 atom stereocenters. The second-order valence-corrected chi connectivity index (χ2v) is 8.69. The van der Waals surface area contributed by atoms with Gasteiger partial charge in [0, 0.05) is 17.1 Å². The highest BCUT2D eigenvalue weighted by Gasteiger charge is 2.17. The van der Waals surface area contributed by atoms with Crippen LogP contribution in [0.1, 0.15) is 35.7 Å². The Morgan fingerprint density at radius 3 is 2.15 bits per heavy atom. The summed E-state index contributed by atoms with van der Waals surface area (Å²) in [5.74, 6) is 0.0969. The molecule has 2 aromatic carbocycles. The van der Waals surface area contributed by atoms with E-state index in [1.807, 2.05) is 12.1 Å². The summed E-state index contributed by atoms with van der Waals surface area (Å²) in [6.07, 6.45) is 1.16. The third-order valence-electron chi connectivity index (χ3n) is 3.95. The maximum Gasteiger partial charge on any atom is 0.251 e. The van der Waals surface area contributed by atoms with Crippen LogP contribution in [-0.2, 0) is 10.0 Å². The third-order valence-corrected chi connectivity index (χ3v) is 5.40. The largest absolute Gasteiger partial charge is 0.350 e. The van der Waals surface area contributed by atoms with Gasteiger partial charge in [0.2, 0.25) is 10.0 Å². The zero-order valence-corrected chi connectivity index (χ0v) is 16.6. The highest BCUT2D eigenvalue weighted by Crippen LogP contribution is 2.21. The third kappa shape index (κ3) is 5.47. The Morgan fingerprint density at radius 2 is 1.65 bits per heavy atom. The fraction of sp³-hybridized carbons (Fsp3) is 0.316. The van der Waals surface area contributed by atoms with Gasteiger partial charge in [-0.2, -0.15) is 0 Å². The molecule has 7 heteroatoms. The Hall–Kier alpha value is -2.05. The standard InChI is InChI=1S/C19H23ClN2O3S/c1-14(2)15-6-10-18(11-7-15)22(26(3,24)25)13-12-21-19(23)16-4-8-17(20)9-5-16/h4-11,14H,12-13H2,1-3H3,(H,21,23). The smallest absolute Gasteiger partial charge is 0.251 e. The number of anilines is 1. The Balaban J connectivity index is 2.04. The molecular weight excluding hydrogens is 372 g/mol. The van der Waals surface area contributed by atoms with Crippen molar-refractivity contribution >= 4 is 33.2 Å². The second-order valence-electron chi connectivity index (χ2n) is 6.34. The number of rotatable bonds is 7. The molecule has 0 aliphatic rings. The van der Waals surface area contributed by atoms with Crippen LogP contribution in [0.5, 0.6) is 0 Å². The molecule has 0 saturated carbocycles. The number of nitrogens with one attached hydrogen (secondary N) is 1. The van der Waals surface area contributed by atoms with Crippen molar-refractivity contribution in [2.45, 2.75) is 19.8 Å². The first-order valence-corrected chi connectivity index (χ1v) is 10.5. The first-order chi connectivity index (χ1) is 12.2. The van der Waals surface area contributed by atoms with Crippen LogP contribution in [0.25, 0.3) is 0 Å². The molecule has 2 aromatic rings. The summed E-state index contributed by atoms with van der Waals surface area (Å²) < 4.78 is 25.6. The van der Waals surface area contributed by atoms with E-state index in [2.05, 4.69) is 19.2 Å². The number of hydrogen-bond donors (Lipinski definition) is 1. The van der Waals surface area contributed by atoms with Gasteiger partial charge in [-0.1, -0.05) is 37.6 Å². The monoisotopic (exact) mass is 394 g/mol. The maximum absolute atomic E-state index is 12.1. The van der Waals surface area contributed by atoms with E-state index in [9.17, 15) is 13.2 Å². The lowest BCUT2D eigenvalue weighted by molar-refractivity contribution is 0.0955. The molecule has 0 radical (unpaired) electrons. The molecule has 1 N–H and O–H groups in total. The summed E-state index contributed by atoms with van der Waals surface area (Å²) in [7, 11) is -3.45. The average molecular weight is 395 g/mol. The predicted octanol–water partition coefficient (Wildman–Crippen LogP) is 3.66. The second kappa shape index (κ2) is 8.56. The van der Waals surface area contributed by atoms with Gasteiger partial charge in [-0.15, -0.1) is 0 Å². The maximum atomic E-state index is 12.1. The summed E-state index contributed by atoms with van der Waals surface area (Å²) in [6, 6.07) is 13.9. The van der Waals surface area contributed by atoms with Gasteiger partial charge in [0.25, 0.3) is 5.91 Å². The quantitative estimate of drug-likeness (QED) is 0.779. The minimum absolute atomic E-state index is 0.152. The van der Waals surface area contributed by atoms with E-state index in [1.54, 1.807) is 36.4 Å². The van der Waals surface area contributed by atoms with Gasteiger partial charge < -0.3 is 5.32 Å². The van der Waals surface area contributed by atoms with Crippen LogP contribution in [0.3, 0.4) is 0 Å². The van der Waals surface area contributed by atoms with E-state index in [4.69, 9.17) is 11.6 Å². The topological polar surface area (TPSA) is 66.5 Å². The van der Waals surface area contributed by atoms with Crippen LogP contribution in [0.4, 0.5) is 5.69 Å². The fourth-order valence-corrected chi connectivity index (χ4v) is 3.54. The molecule has 0 aromatic heterocycles. The van der Waals surface area contributed by atoms with E-state index in [0.29, 0.717) is 22.2 Å². The van der Waals surface area contributed by atoms with Crippen molar-refractivity contribution in [3.63, 3.8) is 0 Å². The fourth-order valence-electron chi connectivity index (χ4n) is 2.49. The highest BCUT2D eigenvalue weighted by molar-refractivity contribution is 7.92. The van der Waals surface area contributed by atoms with Crippen LogP contribution >= 0.6 is 11.6 Å². The number of nitrogens with zero attached hydrogens (tertiary/aromatic N) is 1. The van der Waals surface area contributed by atoms with Gasteiger partial charge in [-0.3, -0.25) is 9.10 Å². The lowest BCUT2D eigenvalue weighted by atomic mass is 10.0. The number of hydrogen-bond acceptors (Lipinski definition) is 3. The highest BCUT2D eigenvalue weighted by atomic mass is 35.5. The number of amides is 1. The molecule has 140 valence electrons. The van der Waals surface area contributed by atoms with E-state index in [1.165, 1.54) is 4.31 Å². The van der Waals surface area contributed by atoms with E-state index in [-0.39, 0.29) is 19.0 Å². The van der Waals surface area contributed by atoms with E-state index in [0.717, 1.165) is 11.8 Å². The van der Waals surface area contributed by atoms with Crippen LogP contribution in [-0.4, -0.2) is 33.7 Å². The lowest BCUT2D eigenvalue weighted by Gasteiger charge is -2.23. The zero-order chi connectivity index (χ0) is 19.3. The van der Waals surface area contributed by atoms with Gasteiger partial charge in [0.1, 0.15) is 0 Å². The summed E-state index contributed by atoms with van der Waals surface area (Å²) in [4.78, 5) is 12.1. The summed E-state index contributed by atoms with van der Waals surface area (Å²) >= 11 is 5.81. The molecule has 0 saturated heterocycles. The van der Waals surface area contributed by atoms with Crippen molar-refractivity contribution in [2.75, 3.05) is 23.7 Å². The van der Waals surface area contributed by atoms with Crippen molar-refractivity contribution in [3.05, 3.63) is 64.7 Å². The Morgan fingerprint density at radius 1 is 1.08 bits per heavy atom. The minimum atomic E-state index is -3.45. The Bertz CT molecular complexity index is 847. The summed E-state index contributed by atoms with van der Waals surface area (Å²) in [5.41, 5.74) is 2.19. The van der Waals surface area contributed by atoms with Crippen LogP contribution in [0, 0.1) is 0 Å². The van der Waals surface area contributed by atoms with Crippen LogP contribution in [0.2, 0.25) is 5.02 Å². The Kier molecular flexibility index (Phi) is 6.67. The number of sulfonamides is 1. The Labute approximate surface area is 160 Å². The molecule has 0 unspecified atom stereocenters. The molecule has 0 fully saturated rings. The molecule has 0 spiro atoms. The van der Waals surface area contributed by atoms with Crippen molar-refractivity contribution in [1.82, 2.24) is 5.32 Å². The van der Waals surface area contributed by atoms with Gasteiger partial charge in [0.15, 0.2) is 0 Å². The zero-order valence-electron chi connectivity index (χ0n) is 15.1. The van der Waals surface area contributed by atoms with Crippen molar-refractivity contribution in [3.8, 4) is 0 Å². The van der Waals surface area contributed by atoms with Gasteiger partial charge in [-0.05, 0) is 47.9 Å². The van der Waals surface area contributed by atoms with Gasteiger partial charge in [0.05, 0.1) is 18.5 Å². The summed E-state index contributed by atoms with van der Waals surface area (Å²) in [6.45, 7) is 4.50. The molecular formula is C19H23ClN2O3S. The molecule has 26 heavy (non-hydrogen) atoms. The van der Waals surface area contributed by atoms with E-state index < -0.39 is 10.0 Å². The lowest BCUT2D eigenvalue weighted by Crippen LogP contribution is -2.38. The minimum Gasteiger partial charge on any atom is -0.350 e. The van der Waals surface area contributed by atoms with E-state index >= 15 is 0 Å². The molecule has 1 amide bonds. The van der Waals surface area contributed by atoms with Crippen molar-refractivity contribution < 1.29 is 13.2 Å². The summed E-state index contributed by atoms with van der Waals surface area (Å²) in [5, 5.41) is 3.28. The molecule has 2 rings (SSSR count). The molecule has 0 aliphatic carbocycles. The van der Waals surface area contributed by atoms with Gasteiger partial charge in [-0.25, -0.2) is 8.42 Å². The number of halogens is 1.